The van der Waals surface area contributed by atoms with E-state index < -0.39 is 52.7 Å². The van der Waals surface area contributed by atoms with Crippen LogP contribution in [0.3, 0.4) is 0 Å². The summed E-state index contributed by atoms with van der Waals surface area (Å²) in [5.74, 6) is -2.66. The standard InChI is InChI=1S/C36H39N5O8/c1-18(2)26(42)30(44)37-23-15-13-19-12-14-22-21(16-19)36(34(46)39-22,20-10-8-7-9-11-20)28-25(31-38-24(17-48-31)33(45)47-6)40-32(49-28)27(35(3,4)5)41-29(23)43/h7-12,14,16-18,23,26-27,42H,13,15H2,1-6H3,(H,37,44)(H,39,46)(H,41,43)/t23?,26-,27+,36-/m0/s1. The molecule has 3 amide bonds. The number of rotatable bonds is 6. The second-order valence-corrected chi connectivity index (χ2v) is 13.8. The van der Waals surface area contributed by atoms with Crippen LogP contribution in [-0.2, 0) is 31.0 Å². The van der Waals surface area contributed by atoms with Gasteiger partial charge in [0.05, 0.1) is 7.11 Å². The highest BCUT2D eigenvalue weighted by atomic mass is 16.5. The molecule has 2 aliphatic rings. The summed E-state index contributed by atoms with van der Waals surface area (Å²) < 4.78 is 17.3. The molecule has 4 aromatic rings. The van der Waals surface area contributed by atoms with Crippen molar-refractivity contribution in [1.29, 1.82) is 0 Å². The number of anilines is 1. The van der Waals surface area contributed by atoms with Crippen LogP contribution < -0.4 is 16.0 Å². The van der Waals surface area contributed by atoms with Crippen LogP contribution in [0, 0.1) is 11.3 Å². The first-order chi connectivity index (χ1) is 23.2. The van der Waals surface area contributed by atoms with Crippen LogP contribution in [0.5, 0.6) is 0 Å². The second-order valence-electron chi connectivity index (χ2n) is 13.8. The fourth-order valence-corrected chi connectivity index (χ4v) is 6.31. The van der Waals surface area contributed by atoms with Gasteiger partial charge in [0, 0.05) is 11.3 Å². The van der Waals surface area contributed by atoms with Crippen LogP contribution in [0.4, 0.5) is 5.69 Å². The number of benzene rings is 2. The summed E-state index contributed by atoms with van der Waals surface area (Å²) in [6.07, 6.45) is 0.367. The normalized spacial score (nSPS) is 21.1. The maximum Gasteiger partial charge on any atom is 0.360 e. The fraction of sp³-hybridized carbons (Fsp3) is 0.389. The molecule has 1 unspecified atom stereocenters. The van der Waals surface area contributed by atoms with Crippen molar-refractivity contribution in [2.45, 2.75) is 71.1 Å². The molecule has 0 radical (unpaired) electrons. The highest BCUT2D eigenvalue weighted by Gasteiger charge is 2.55. The molecule has 4 bridgehead atoms. The minimum Gasteiger partial charge on any atom is -0.464 e. The zero-order valence-corrected chi connectivity index (χ0v) is 28.1. The predicted octanol–water partition coefficient (Wildman–Crippen LogP) is 4.05. The molecule has 13 nitrogen and oxygen atoms in total. The number of aryl methyl sites for hydroxylation is 1. The van der Waals surface area contributed by atoms with E-state index in [1.165, 1.54) is 7.11 Å². The number of esters is 1. The number of nitrogens with one attached hydrogen (secondary N) is 3. The first-order valence-electron chi connectivity index (χ1n) is 16.1. The fourth-order valence-electron chi connectivity index (χ4n) is 6.31. The second kappa shape index (κ2) is 12.6. The zero-order valence-electron chi connectivity index (χ0n) is 28.1. The van der Waals surface area contributed by atoms with Crippen molar-refractivity contribution in [3.63, 3.8) is 0 Å². The lowest BCUT2D eigenvalue weighted by Gasteiger charge is -2.31. The molecule has 49 heavy (non-hydrogen) atoms. The number of hydrogen-bond donors (Lipinski definition) is 4. The summed E-state index contributed by atoms with van der Waals surface area (Å²) in [5.41, 5.74) is 0.107. The highest BCUT2D eigenvalue weighted by Crippen LogP contribution is 2.52. The zero-order chi connectivity index (χ0) is 35.2. The molecule has 2 aliphatic heterocycles. The largest absolute Gasteiger partial charge is 0.464 e. The van der Waals surface area contributed by atoms with E-state index in [1.54, 1.807) is 19.9 Å². The van der Waals surface area contributed by atoms with Crippen LogP contribution in [0.2, 0.25) is 0 Å². The molecule has 4 N–H and O–H groups in total. The van der Waals surface area contributed by atoms with Crippen molar-refractivity contribution in [1.82, 2.24) is 20.6 Å². The number of fused-ring (bicyclic) bond motifs is 4. The van der Waals surface area contributed by atoms with Gasteiger partial charge in [0.15, 0.2) is 22.6 Å². The van der Waals surface area contributed by atoms with Gasteiger partial charge < -0.3 is 34.6 Å². The first-order valence-corrected chi connectivity index (χ1v) is 16.1. The third-order valence-electron chi connectivity index (χ3n) is 9.02. The van der Waals surface area contributed by atoms with E-state index in [0.717, 1.165) is 11.8 Å². The minimum absolute atomic E-state index is 0.0444. The van der Waals surface area contributed by atoms with Crippen molar-refractivity contribution in [3.05, 3.63) is 88.8 Å². The summed E-state index contributed by atoms with van der Waals surface area (Å²) in [6.45, 7) is 9.07. The van der Waals surface area contributed by atoms with Gasteiger partial charge in [-0.05, 0) is 41.4 Å². The Hall–Kier alpha value is -5.30. The van der Waals surface area contributed by atoms with E-state index in [0.29, 0.717) is 23.2 Å². The van der Waals surface area contributed by atoms with E-state index in [4.69, 9.17) is 18.6 Å². The third kappa shape index (κ3) is 5.88. The lowest BCUT2D eigenvalue weighted by Crippen LogP contribution is -2.52. The van der Waals surface area contributed by atoms with Gasteiger partial charge in [0.25, 0.3) is 0 Å². The van der Waals surface area contributed by atoms with Gasteiger partial charge >= 0.3 is 5.97 Å². The van der Waals surface area contributed by atoms with Gasteiger partial charge in [-0.2, -0.15) is 0 Å². The molecule has 2 aromatic heterocycles. The molecule has 0 spiro atoms. The molecule has 4 heterocycles. The van der Waals surface area contributed by atoms with Crippen molar-refractivity contribution in [2.24, 2.45) is 11.3 Å². The summed E-state index contributed by atoms with van der Waals surface area (Å²) in [5, 5.41) is 19.3. The van der Waals surface area contributed by atoms with E-state index in [1.807, 2.05) is 63.2 Å². The first kappa shape index (κ1) is 33.6. The monoisotopic (exact) mass is 669 g/mol. The molecule has 0 fully saturated rings. The molecule has 256 valence electrons. The topological polar surface area (TPSA) is 186 Å². The SMILES string of the molecule is COC(=O)c1coc(-c2nc3oc2[C@@]2(c4ccccc4)C(=O)Nc4ccc(cc42)CCC(NC(=O)[C@@H](O)C(C)C)C(=O)N[C@H]3C(C)(C)C)n1. The van der Waals surface area contributed by atoms with E-state index >= 15 is 0 Å². The maximum atomic E-state index is 14.5. The number of carbonyl (C=O) groups is 4. The van der Waals surface area contributed by atoms with Gasteiger partial charge in [0.1, 0.15) is 24.5 Å². The Bertz CT molecular complexity index is 1920. The van der Waals surface area contributed by atoms with Crippen molar-refractivity contribution >= 4 is 29.4 Å². The number of hydrogen-bond acceptors (Lipinski definition) is 10. The molecule has 0 saturated heterocycles. The number of methoxy groups -OCH3 is 1. The van der Waals surface area contributed by atoms with Crippen molar-refractivity contribution < 1.29 is 37.9 Å². The van der Waals surface area contributed by atoms with Crippen LogP contribution in [-0.4, -0.2) is 58.0 Å². The van der Waals surface area contributed by atoms with Gasteiger partial charge in [-0.1, -0.05) is 77.1 Å². The molecule has 6 rings (SSSR count). The molecular weight excluding hydrogens is 630 g/mol. The molecular formula is C36H39N5O8. The van der Waals surface area contributed by atoms with Crippen LogP contribution in [0.15, 0.2) is 63.6 Å². The van der Waals surface area contributed by atoms with Crippen molar-refractivity contribution in [2.75, 3.05) is 12.4 Å². The molecule has 0 aliphatic carbocycles. The Morgan fingerprint density at radius 1 is 1.10 bits per heavy atom. The minimum atomic E-state index is -1.59. The Morgan fingerprint density at radius 3 is 2.51 bits per heavy atom. The number of aliphatic hydroxyl groups is 1. The lowest BCUT2D eigenvalue weighted by atomic mass is 9.72. The number of aromatic nitrogens is 2. The highest BCUT2D eigenvalue weighted by molar-refractivity contribution is 6.11. The average molecular weight is 670 g/mol. The summed E-state index contributed by atoms with van der Waals surface area (Å²) >= 11 is 0. The molecule has 13 heteroatoms. The van der Waals surface area contributed by atoms with Crippen LogP contribution >= 0.6 is 0 Å². The number of ether oxygens (including phenoxy) is 1. The number of aliphatic hydroxyl groups excluding tert-OH is 1. The smallest absolute Gasteiger partial charge is 0.360 e. The Kier molecular flexibility index (Phi) is 8.65. The Morgan fingerprint density at radius 2 is 1.84 bits per heavy atom. The quantitative estimate of drug-likeness (QED) is 0.218. The Balaban J connectivity index is 1.63. The summed E-state index contributed by atoms with van der Waals surface area (Å²) in [7, 11) is 1.22. The summed E-state index contributed by atoms with van der Waals surface area (Å²) in [6, 6.07) is 12.7. The molecule has 4 atom stereocenters. The van der Waals surface area contributed by atoms with E-state index in [2.05, 4.69) is 20.9 Å². The molecule has 0 saturated carbocycles. The number of nitrogens with zero attached hydrogens (tertiary/aromatic N) is 2. The van der Waals surface area contributed by atoms with E-state index in [-0.39, 0.29) is 41.3 Å². The van der Waals surface area contributed by atoms with Crippen molar-refractivity contribution in [3.8, 4) is 11.6 Å². The Labute approximate surface area is 282 Å². The summed E-state index contributed by atoms with van der Waals surface area (Å²) in [4.78, 5) is 63.1. The molecule has 2 aromatic carbocycles. The van der Waals surface area contributed by atoms with Gasteiger partial charge in [-0.15, -0.1) is 0 Å². The third-order valence-corrected chi connectivity index (χ3v) is 9.02. The van der Waals surface area contributed by atoms with Crippen LogP contribution in [0.1, 0.15) is 85.9 Å². The average Bonchev–Trinajstić information content (AvgIpc) is 3.80. The maximum absolute atomic E-state index is 14.5. The number of carbonyl (C=O) groups excluding carboxylic acids is 4. The lowest BCUT2D eigenvalue weighted by molar-refractivity contribution is -0.136. The van der Waals surface area contributed by atoms with Gasteiger partial charge in [0.2, 0.25) is 29.5 Å². The van der Waals surface area contributed by atoms with Gasteiger partial charge in [-0.25, -0.2) is 14.8 Å². The van der Waals surface area contributed by atoms with Crippen LogP contribution in [0.25, 0.3) is 11.6 Å². The van der Waals surface area contributed by atoms with E-state index in [9.17, 15) is 24.3 Å². The predicted molar refractivity (Wildman–Crippen MR) is 176 cm³/mol. The number of oxazole rings is 2. The van der Waals surface area contributed by atoms with Gasteiger partial charge in [-0.3, -0.25) is 14.4 Å². The number of amides is 3.